The molecule has 0 aromatic carbocycles. The molecule has 7 heterocycles. The highest BCUT2D eigenvalue weighted by atomic mass is 32.7. The summed E-state index contributed by atoms with van der Waals surface area (Å²) in [6.45, 7) is -8.88. The van der Waals surface area contributed by atoms with Crippen LogP contribution in [0.4, 0.5) is 11.8 Å². The third-order valence-corrected chi connectivity index (χ3v) is 11.9. The first kappa shape index (κ1) is 30.4. The number of H-pyrrole nitrogens is 1. The first-order valence-electron chi connectivity index (χ1n) is 12.7. The van der Waals surface area contributed by atoms with Crippen molar-refractivity contribution in [1.82, 2.24) is 44.5 Å². The molecule has 44 heavy (non-hydrogen) atoms. The topological polar surface area (TPSA) is 275 Å². The molecule has 7 rings (SSSR count). The molecule has 0 saturated carbocycles. The van der Waals surface area contributed by atoms with Gasteiger partial charge in [0, 0.05) is 0 Å². The number of ether oxygens (including phenoxy) is 1. The predicted molar refractivity (Wildman–Crippen MR) is 159 cm³/mol. The van der Waals surface area contributed by atoms with Crippen LogP contribution >= 0.6 is 37.5 Å². The molecule has 3 saturated heterocycles. The number of nitrogen functional groups attached to an aromatic ring is 2. The molecule has 9 atom stereocenters. The van der Waals surface area contributed by atoms with Crippen molar-refractivity contribution in [2.24, 2.45) is 0 Å². The van der Waals surface area contributed by atoms with E-state index < -0.39 is 60.0 Å². The van der Waals surface area contributed by atoms with E-state index in [0.717, 1.165) is 11.8 Å². The van der Waals surface area contributed by atoms with Crippen LogP contribution in [0, 0.1) is 0 Å². The zero-order valence-electron chi connectivity index (χ0n) is 22.0. The lowest BCUT2D eigenvalue weighted by Gasteiger charge is -2.28. The number of aromatic amines is 1. The van der Waals surface area contributed by atoms with E-state index >= 15 is 0 Å². The molecule has 0 radical (unpaired) electrons. The predicted octanol–water partition coefficient (Wildman–Crippen LogP) is -0.654. The van der Waals surface area contributed by atoms with E-state index in [9.17, 15) is 19.4 Å². The van der Waals surface area contributed by atoms with E-state index in [1.165, 1.54) is 21.7 Å². The first-order valence-corrected chi connectivity index (χ1v) is 18.9. The average Bonchev–Trinajstić information content (AvgIpc) is 3.72. The lowest BCUT2D eigenvalue weighted by molar-refractivity contribution is 0.00222. The minimum absolute atomic E-state index is 0.00887. The number of fused-ring (bicyclic) bond motifs is 5. The minimum Gasteiger partial charge on any atom is -0.389 e. The Kier molecular flexibility index (Phi) is 7.74. The smallest absolute Gasteiger partial charge is 0.386 e. The van der Waals surface area contributed by atoms with E-state index in [2.05, 4.69) is 47.6 Å². The summed E-state index contributed by atoms with van der Waals surface area (Å²) in [6, 6.07) is 0. The van der Waals surface area contributed by atoms with E-state index in [4.69, 9.17) is 46.1 Å². The Labute approximate surface area is 260 Å². The van der Waals surface area contributed by atoms with Crippen LogP contribution in [0.2, 0.25) is 0 Å². The second-order valence-corrected chi connectivity index (χ2v) is 17.0. The second-order valence-electron chi connectivity index (χ2n) is 9.92. The van der Waals surface area contributed by atoms with Gasteiger partial charge in [-0.25, -0.2) is 23.7 Å². The minimum atomic E-state index is -4.23. The number of hydrogen-bond acceptors (Lipinski definition) is 18. The van der Waals surface area contributed by atoms with Crippen LogP contribution in [-0.4, -0.2) is 104 Å². The number of hydrogen-bond donors (Lipinski definition) is 6. The summed E-state index contributed by atoms with van der Waals surface area (Å²) >= 11 is 10.6. The molecule has 7 N–H and O–H groups in total. The molecule has 3 aliphatic heterocycles. The van der Waals surface area contributed by atoms with Crippen LogP contribution < -0.4 is 17.0 Å². The van der Waals surface area contributed by atoms with Crippen LogP contribution in [0.5, 0.6) is 0 Å². The molecule has 25 heteroatoms. The third-order valence-electron chi connectivity index (χ3n) is 7.21. The van der Waals surface area contributed by atoms with E-state index in [1.54, 1.807) is 0 Å². The number of anilines is 2. The molecular weight excluding hydrogens is 684 g/mol. The molecule has 2 bridgehead atoms. The van der Waals surface area contributed by atoms with Gasteiger partial charge in [-0.15, -0.1) is 16.9 Å². The SMILES string of the molecule is Nc1nc2c(nnn2C2S[C@@H]3COP(O)(=S)O[C@H]4C(c5cnc6c(N)ncnn56)CO[C@@H]4COP(=O)(S)O[C@@H]2[C@@H]3O)c(=O)[nH]1. The van der Waals surface area contributed by atoms with Gasteiger partial charge in [-0.3, -0.25) is 18.8 Å². The molecule has 20 nitrogen and oxygen atoms in total. The molecule has 4 unspecified atom stereocenters. The van der Waals surface area contributed by atoms with Crippen LogP contribution in [-0.2, 0) is 39.2 Å². The average molecular weight is 708 g/mol. The van der Waals surface area contributed by atoms with Crippen LogP contribution in [0.3, 0.4) is 0 Å². The Morgan fingerprint density at radius 1 is 1.16 bits per heavy atom. The molecule has 3 fully saturated rings. The van der Waals surface area contributed by atoms with Crippen molar-refractivity contribution in [2.45, 2.75) is 41.0 Å². The molecule has 0 aliphatic carbocycles. The Hall–Kier alpha value is -2.27. The standard InChI is InChI=1S/C19H23N11O9P2S3/c20-14-16-22-1-7(29(16)24-5-23-14)6-2-35-8-3-36-40(33,42)39-13-11(31)9(4-37-41(34,43)38-12(6)8)44-18(13)30-15-10(27-28-30)17(32)26-19(21)25-15/h1,5-6,8-9,11-13,18,31H,2-4H2,(H,33,42)(H,34,43)(H2,20,23,24)(H3,21,25,26,32)/t6?,8-,9-,11-,12+,13-,18?,40?,41?/m1/s1. The lowest BCUT2D eigenvalue weighted by Crippen LogP contribution is -2.35. The number of aliphatic hydroxyl groups excluding tert-OH is 1. The highest BCUT2D eigenvalue weighted by molar-refractivity contribution is 8.44. The van der Waals surface area contributed by atoms with Gasteiger partial charge in [-0.05, 0) is 11.8 Å². The van der Waals surface area contributed by atoms with Gasteiger partial charge in [-0.1, -0.05) is 17.5 Å². The Bertz CT molecular complexity index is 1910. The lowest BCUT2D eigenvalue weighted by atomic mass is 9.99. The number of aromatic nitrogens is 9. The fourth-order valence-corrected chi connectivity index (χ4v) is 9.80. The number of nitrogens with two attached hydrogens (primary N) is 2. The molecule has 3 aliphatic rings. The monoisotopic (exact) mass is 707 g/mol. The van der Waals surface area contributed by atoms with Crippen LogP contribution in [0.1, 0.15) is 17.0 Å². The summed E-state index contributed by atoms with van der Waals surface area (Å²) in [4.78, 5) is 38.1. The number of rotatable bonds is 2. The molecule has 4 aromatic heterocycles. The van der Waals surface area contributed by atoms with Crippen molar-refractivity contribution >= 4 is 77.9 Å². The summed E-state index contributed by atoms with van der Waals surface area (Å²) in [5.41, 5.74) is 11.7. The van der Waals surface area contributed by atoms with Gasteiger partial charge < -0.3 is 35.3 Å². The first-order chi connectivity index (χ1) is 20.9. The zero-order chi connectivity index (χ0) is 31.0. The Balaban J connectivity index is 1.21. The van der Waals surface area contributed by atoms with Gasteiger partial charge in [0.2, 0.25) is 5.95 Å². The fourth-order valence-electron chi connectivity index (χ4n) is 5.22. The number of aliphatic hydroxyl groups is 1. The summed E-state index contributed by atoms with van der Waals surface area (Å²) < 4.78 is 45.2. The van der Waals surface area contributed by atoms with E-state index in [-0.39, 0.29) is 42.8 Å². The number of thiol groups is 1. The van der Waals surface area contributed by atoms with Crippen LogP contribution in [0.25, 0.3) is 16.8 Å². The number of thioether (sulfide) groups is 1. The zero-order valence-corrected chi connectivity index (χ0v) is 26.3. The van der Waals surface area contributed by atoms with Gasteiger partial charge in [0.1, 0.15) is 30.0 Å². The number of imidazole rings is 1. The van der Waals surface area contributed by atoms with Crippen LogP contribution in [0.15, 0.2) is 17.3 Å². The maximum atomic E-state index is 13.5. The summed E-state index contributed by atoms with van der Waals surface area (Å²) in [5.74, 6) is -0.639. The fraction of sp³-hybridized carbons (Fsp3) is 0.526. The van der Waals surface area contributed by atoms with Gasteiger partial charge in [0.25, 0.3) is 5.56 Å². The Morgan fingerprint density at radius 3 is 2.80 bits per heavy atom. The normalized spacial score (nSPS) is 36.6. The van der Waals surface area contributed by atoms with E-state index in [1.807, 2.05) is 0 Å². The Morgan fingerprint density at radius 2 is 1.98 bits per heavy atom. The van der Waals surface area contributed by atoms with Crippen molar-refractivity contribution in [2.75, 3.05) is 31.3 Å². The number of nitrogens with one attached hydrogen (secondary N) is 1. The number of nitrogens with zero attached hydrogens (tertiary/aromatic N) is 8. The van der Waals surface area contributed by atoms with Crippen molar-refractivity contribution < 1.29 is 37.4 Å². The molecule has 4 aromatic rings. The van der Waals surface area contributed by atoms with Crippen molar-refractivity contribution in [3.63, 3.8) is 0 Å². The third kappa shape index (κ3) is 5.43. The summed E-state index contributed by atoms with van der Waals surface area (Å²) in [6.07, 6.45) is -1.80. The largest absolute Gasteiger partial charge is 0.389 e. The molecular formula is C19H23N11O9P2S3. The van der Waals surface area contributed by atoms with Crippen molar-refractivity contribution in [3.05, 3.63) is 28.6 Å². The maximum absolute atomic E-state index is 13.5. The van der Waals surface area contributed by atoms with Crippen molar-refractivity contribution in [1.29, 1.82) is 0 Å². The highest BCUT2D eigenvalue weighted by Crippen LogP contribution is 2.60. The molecule has 236 valence electrons. The summed E-state index contributed by atoms with van der Waals surface area (Å²) in [5, 5.41) is 21.5. The van der Waals surface area contributed by atoms with Gasteiger partial charge in [0.15, 0.2) is 22.6 Å². The van der Waals surface area contributed by atoms with Gasteiger partial charge in [0.05, 0.1) is 49.0 Å². The molecule has 0 spiro atoms. The molecule has 0 amide bonds. The quantitative estimate of drug-likeness (QED) is 0.111. The van der Waals surface area contributed by atoms with E-state index in [0.29, 0.717) is 11.3 Å². The van der Waals surface area contributed by atoms with Crippen molar-refractivity contribution in [3.8, 4) is 0 Å². The van der Waals surface area contributed by atoms with Gasteiger partial charge >= 0.3 is 13.5 Å². The second kappa shape index (κ2) is 11.2. The highest BCUT2D eigenvalue weighted by Gasteiger charge is 2.51. The summed E-state index contributed by atoms with van der Waals surface area (Å²) in [7, 11) is 0. The maximum Gasteiger partial charge on any atom is 0.386 e. The van der Waals surface area contributed by atoms with Gasteiger partial charge in [-0.2, -0.15) is 10.1 Å².